The summed E-state index contributed by atoms with van der Waals surface area (Å²) in [5.41, 5.74) is 2.66. The van der Waals surface area contributed by atoms with Crippen LogP contribution in [0.3, 0.4) is 0 Å². The summed E-state index contributed by atoms with van der Waals surface area (Å²) >= 11 is 5.93. The first kappa shape index (κ1) is 18.3. The number of benzene rings is 2. The lowest BCUT2D eigenvalue weighted by atomic mass is 9.95. The number of rotatable bonds is 3. The van der Waals surface area contributed by atoms with Gasteiger partial charge in [0.2, 0.25) is 5.91 Å². The normalized spacial score (nSPS) is 25.1. The van der Waals surface area contributed by atoms with Gasteiger partial charge in [-0.2, -0.15) is 0 Å². The monoisotopic (exact) mass is 409 g/mol. The molecule has 0 aliphatic carbocycles. The van der Waals surface area contributed by atoms with Crippen LogP contribution in [0.1, 0.15) is 31.0 Å². The third-order valence-corrected chi connectivity index (χ3v) is 6.40. The number of fused-ring (bicyclic) bond motifs is 1. The van der Waals surface area contributed by atoms with Crippen molar-refractivity contribution in [3.8, 4) is 0 Å². The first-order valence-electron chi connectivity index (χ1n) is 10.0. The number of aromatic amines is 1. The third-order valence-electron chi connectivity index (χ3n) is 6.15. The van der Waals surface area contributed by atoms with Crippen LogP contribution in [-0.2, 0) is 9.59 Å². The van der Waals surface area contributed by atoms with Gasteiger partial charge in [-0.05, 0) is 36.4 Å². The number of carbonyl (C=O) groups excluding carboxylic acids is 2. The van der Waals surface area contributed by atoms with Gasteiger partial charge in [0.25, 0.3) is 5.91 Å². The Bertz CT molecular complexity index is 1040. The van der Waals surface area contributed by atoms with E-state index in [2.05, 4.69) is 4.98 Å². The van der Waals surface area contributed by atoms with E-state index in [1.165, 1.54) is 9.80 Å². The van der Waals surface area contributed by atoms with Gasteiger partial charge in [0.05, 0.1) is 36.2 Å². The zero-order chi connectivity index (χ0) is 20.0. The molecule has 2 N–H and O–H groups in total. The molecular formula is C22H22ClN4O2+. The lowest BCUT2D eigenvalue weighted by Crippen LogP contribution is -3.17. The number of aromatic nitrogens is 2. The van der Waals surface area contributed by atoms with Crippen LogP contribution >= 0.6 is 11.6 Å². The number of piperidine rings is 1. The molecular weight excluding hydrogens is 388 g/mol. The number of hydrogen-bond donors (Lipinski definition) is 2. The number of carbonyl (C=O) groups is 2. The van der Waals surface area contributed by atoms with E-state index in [9.17, 15) is 9.59 Å². The highest BCUT2D eigenvalue weighted by Crippen LogP contribution is 2.26. The van der Waals surface area contributed by atoms with Crippen molar-refractivity contribution in [2.45, 2.75) is 31.2 Å². The number of imidazole rings is 1. The molecule has 3 aromatic rings. The topological polar surface area (TPSA) is 70.5 Å². The number of likely N-dealkylation sites (tertiary alicyclic amines) is 1. The average molecular weight is 410 g/mol. The van der Waals surface area contributed by atoms with Gasteiger partial charge in [-0.15, -0.1) is 0 Å². The van der Waals surface area contributed by atoms with Crippen LogP contribution < -0.4 is 9.80 Å². The molecule has 0 unspecified atom stereocenters. The van der Waals surface area contributed by atoms with Gasteiger partial charge in [-0.1, -0.05) is 23.7 Å². The highest BCUT2D eigenvalue weighted by Gasteiger charge is 2.46. The minimum absolute atomic E-state index is 0.102. The Hall–Kier alpha value is -2.70. The van der Waals surface area contributed by atoms with Crippen LogP contribution in [0.25, 0.3) is 11.0 Å². The number of hydrogen-bond acceptors (Lipinski definition) is 3. The van der Waals surface area contributed by atoms with E-state index < -0.39 is 0 Å². The Morgan fingerprint density at radius 3 is 2.48 bits per heavy atom. The van der Waals surface area contributed by atoms with Gasteiger partial charge >= 0.3 is 0 Å². The van der Waals surface area contributed by atoms with Crippen molar-refractivity contribution in [2.75, 3.05) is 18.0 Å². The molecule has 29 heavy (non-hydrogen) atoms. The van der Waals surface area contributed by atoms with Crippen LogP contribution in [0.5, 0.6) is 0 Å². The fourth-order valence-electron chi connectivity index (χ4n) is 4.59. The number of nitrogens with one attached hydrogen (secondary N) is 2. The number of halogens is 1. The summed E-state index contributed by atoms with van der Waals surface area (Å²) in [6, 6.07) is 14.6. The summed E-state index contributed by atoms with van der Waals surface area (Å²) in [5.74, 6) is 1.16. The number of nitrogens with zero attached hydrogens (tertiary/aromatic N) is 2. The molecule has 0 radical (unpaired) electrons. The lowest BCUT2D eigenvalue weighted by molar-refractivity contribution is -0.920. The summed E-state index contributed by atoms with van der Waals surface area (Å²) in [5, 5.41) is 0.586. The van der Waals surface area contributed by atoms with Crippen molar-refractivity contribution in [3.05, 3.63) is 59.4 Å². The van der Waals surface area contributed by atoms with E-state index >= 15 is 0 Å². The number of H-pyrrole nitrogens is 1. The number of quaternary nitrogens is 1. The summed E-state index contributed by atoms with van der Waals surface area (Å²) in [6.07, 6.45) is 2.17. The quantitative estimate of drug-likeness (QED) is 0.652. The number of para-hydroxylation sites is 2. The predicted octanol–water partition coefficient (Wildman–Crippen LogP) is 2.31. The zero-order valence-corrected chi connectivity index (χ0v) is 16.7. The maximum atomic E-state index is 13.0. The van der Waals surface area contributed by atoms with Gasteiger partial charge in [-0.3, -0.25) is 9.59 Å². The Morgan fingerprint density at radius 1 is 1.03 bits per heavy atom. The largest absolute Gasteiger partial charge is 0.342 e. The second-order valence-corrected chi connectivity index (χ2v) is 8.31. The van der Waals surface area contributed by atoms with E-state index in [0.29, 0.717) is 16.6 Å². The van der Waals surface area contributed by atoms with Crippen molar-refractivity contribution >= 4 is 40.1 Å². The smallest absolute Gasteiger partial charge is 0.292 e. The molecule has 0 saturated carbocycles. The van der Waals surface area contributed by atoms with Crippen molar-refractivity contribution in [1.29, 1.82) is 0 Å². The minimum Gasteiger partial charge on any atom is -0.342 e. The molecule has 2 saturated heterocycles. The number of imide groups is 1. The summed E-state index contributed by atoms with van der Waals surface area (Å²) in [7, 11) is 0. The van der Waals surface area contributed by atoms with Crippen LogP contribution in [0.2, 0.25) is 5.02 Å². The molecule has 0 bridgehead atoms. The van der Waals surface area contributed by atoms with Crippen LogP contribution in [0.15, 0.2) is 48.5 Å². The number of amides is 2. The summed E-state index contributed by atoms with van der Waals surface area (Å²) in [6.45, 7) is 1.72. The zero-order valence-electron chi connectivity index (χ0n) is 15.9. The predicted molar refractivity (Wildman–Crippen MR) is 111 cm³/mol. The second-order valence-electron chi connectivity index (χ2n) is 7.87. The molecule has 148 valence electrons. The van der Waals surface area contributed by atoms with Crippen LogP contribution in [-0.4, -0.2) is 40.9 Å². The molecule has 6 nitrogen and oxygen atoms in total. The summed E-state index contributed by atoms with van der Waals surface area (Å²) in [4.78, 5) is 36.3. The molecule has 1 aromatic heterocycles. The molecule has 2 amide bonds. The first-order valence-corrected chi connectivity index (χ1v) is 10.4. The van der Waals surface area contributed by atoms with Crippen molar-refractivity contribution in [1.82, 2.24) is 9.97 Å². The highest BCUT2D eigenvalue weighted by molar-refractivity contribution is 6.30. The standard InChI is InChI=1S/C22H21ClN4O2/c23-15-5-7-16(8-6-15)27-20(28)13-19(22(27)29)26-11-9-14(10-12-26)21-24-17-3-1-2-4-18(17)25-21/h1-8,14,19H,9-13H2,(H,24,25)/p+1/t19-/m0/s1. The number of anilines is 1. The van der Waals surface area contributed by atoms with E-state index in [1.54, 1.807) is 24.3 Å². The molecule has 2 fully saturated rings. The van der Waals surface area contributed by atoms with Crippen LogP contribution in [0, 0.1) is 0 Å². The Balaban J connectivity index is 1.27. The molecule has 5 rings (SSSR count). The van der Waals surface area contributed by atoms with E-state index in [-0.39, 0.29) is 24.3 Å². The van der Waals surface area contributed by atoms with Gasteiger partial charge in [0.1, 0.15) is 5.82 Å². The fourth-order valence-corrected chi connectivity index (χ4v) is 4.71. The molecule has 2 aliphatic heterocycles. The van der Waals surface area contributed by atoms with Crippen molar-refractivity contribution in [2.24, 2.45) is 0 Å². The Morgan fingerprint density at radius 2 is 1.76 bits per heavy atom. The van der Waals surface area contributed by atoms with E-state index in [4.69, 9.17) is 16.6 Å². The maximum Gasteiger partial charge on any atom is 0.292 e. The Labute approximate surface area is 173 Å². The maximum absolute atomic E-state index is 13.0. The van der Waals surface area contributed by atoms with Crippen molar-refractivity contribution < 1.29 is 14.5 Å². The van der Waals surface area contributed by atoms with Crippen molar-refractivity contribution in [3.63, 3.8) is 0 Å². The van der Waals surface area contributed by atoms with Crippen LogP contribution in [0.4, 0.5) is 5.69 Å². The highest BCUT2D eigenvalue weighted by atomic mass is 35.5. The van der Waals surface area contributed by atoms with E-state index in [1.807, 2.05) is 24.3 Å². The fraction of sp³-hybridized carbons (Fsp3) is 0.318. The lowest BCUT2D eigenvalue weighted by Gasteiger charge is -2.31. The molecule has 3 heterocycles. The SMILES string of the molecule is O=C1C[C@H]([NH+]2CCC(c3nc4ccccc4[nH]3)CC2)C(=O)N1c1ccc(Cl)cc1. The average Bonchev–Trinajstić information content (AvgIpc) is 3.30. The Kier molecular flexibility index (Phi) is 4.60. The first-order chi connectivity index (χ1) is 14.1. The van der Waals surface area contributed by atoms with E-state index in [0.717, 1.165) is 42.8 Å². The second kappa shape index (κ2) is 7.28. The summed E-state index contributed by atoms with van der Waals surface area (Å²) < 4.78 is 0. The van der Waals surface area contributed by atoms with Gasteiger partial charge in [-0.25, -0.2) is 9.88 Å². The molecule has 0 spiro atoms. The molecule has 2 aromatic carbocycles. The van der Waals surface area contributed by atoms with Gasteiger partial charge in [0.15, 0.2) is 6.04 Å². The van der Waals surface area contributed by atoms with Gasteiger partial charge in [0, 0.05) is 23.8 Å². The molecule has 7 heteroatoms. The molecule has 1 atom stereocenters. The van der Waals surface area contributed by atoms with Gasteiger partial charge < -0.3 is 9.88 Å². The minimum atomic E-state index is -0.296. The third kappa shape index (κ3) is 3.32. The molecule has 2 aliphatic rings.